The van der Waals surface area contributed by atoms with Gasteiger partial charge in [0, 0.05) is 6.54 Å². The number of hydrogen-bond donors (Lipinski definition) is 4. The second kappa shape index (κ2) is 5.26. The summed E-state index contributed by atoms with van der Waals surface area (Å²) in [6.45, 7) is 0.266. The van der Waals surface area contributed by atoms with Crippen LogP contribution in [0, 0.1) is 0 Å². The molecule has 2 unspecified atom stereocenters. The van der Waals surface area contributed by atoms with Crippen LogP contribution < -0.4 is 10.9 Å². The predicted molar refractivity (Wildman–Crippen MR) is 67.3 cm³/mol. The van der Waals surface area contributed by atoms with E-state index in [1.165, 1.54) is 6.33 Å². The highest BCUT2D eigenvalue weighted by Gasteiger charge is 2.18. The highest BCUT2D eigenvalue weighted by molar-refractivity contribution is 5.77. The van der Waals surface area contributed by atoms with E-state index in [2.05, 4.69) is 15.3 Å². The summed E-state index contributed by atoms with van der Waals surface area (Å²) in [4.78, 5) is 18.1. The Hall–Kier alpha value is -1.76. The molecular weight excluding hydrogens is 234 g/mol. The van der Waals surface area contributed by atoms with E-state index in [0.717, 1.165) is 0 Å². The Kier molecular flexibility index (Phi) is 3.71. The third-order valence-electron chi connectivity index (χ3n) is 2.78. The zero-order valence-electron chi connectivity index (χ0n) is 9.92. The summed E-state index contributed by atoms with van der Waals surface area (Å²) in [5.41, 5.74) is 0.777. The van der Waals surface area contributed by atoms with E-state index in [1.807, 2.05) is 0 Å². The smallest absolute Gasteiger partial charge is 0.258 e. The molecule has 0 aliphatic heterocycles. The first-order valence-electron chi connectivity index (χ1n) is 5.61. The average Bonchev–Trinajstić information content (AvgIpc) is 2.38. The van der Waals surface area contributed by atoms with Crippen molar-refractivity contribution in [2.75, 3.05) is 13.6 Å². The lowest BCUT2D eigenvalue weighted by Gasteiger charge is -2.17. The Labute approximate surface area is 103 Å². The number of nitrogens with one attached hydrogen (secondary N) is 2. The molecule has 0 aliphatic rings. The van der Waals surface area contributed by atoms with Gasteiger partial charge < -0.3 is 20.5 Å². The van der Waals surface area contributed by atoms with Crippen LogP contribution in [0.25, 0.3) is 10.9 Å². The number of aliphatic hydroxyl groups excluding tert-OH is 2. The fraction of sp³-hybridized carbons (Fsp3) is 0.333. The quantitative estimate of drug-likeness (QED) is 0.587. The molecule has 2 aromatic rings. The number of likely N-dealkylation sites (N-methyl/N-ethyl adjacent to an activating group) is 1. The summed E-state index contributed by atoms with van der Waals surface area (Å²) in [7, 11) is 1.69. The zero-order chi connectivity index (χ0) is 13.1. The van der Waals surface area contributed by atoms with Gasteiger partial charge in [-0.1, -0.05) is 6.07 Å². The minimum atomic E-state index is -1.04. The van der Waals surface area contributed by atoms with Crippen molar-refractivity contribution < 1.29 is 10.2 Å². The third kappa shape index (κ3) is 2.40. The first-order chi connectivity index (χ1) is 8.63. The van der Waals surface area contributed by atoms with Gasteiger partial charge in [-0.15, -0.1) is 0 Å². The molecule has 1 aromatic heterocycles. The minimum Gasteiger partial charge on any atom is -0.389 e. The summed E-state index contributed by atoms with van der Waals surface area (Å²) in [5, 5.41) is 22.8. The number of H-pyrrole nitrogens is 1. The Balaban J connectivity index is 2.40. The standard InChI is InChI=1S/C12H15N3O3/c1-13-5-10(16)11(17)7-2-3-9-8(4-7)12(18)15-6-14-9/h2-4,6,10-11,13,16-17H,5H2,1H3,(H,14,15,18). The molecule has 4 N–H and O–H groups in total. The molecule has 6 heteroatoms. The fourth-order valence-electron chi connectivity index (χ4n) is 1.81. The monoisotopic (exact) mass is 249 g/mol. The van der Waals surface area contributed by atoms with Gasteiger partial charge in [0.05, 0.1) is 23.3 Å². The Morgan fingerprint density at radius 2 is 2.22 bits per heavy atom. The number of fused-ring (bicyclic) bond motifs is 1. The van der Waals surface area contributed by atoms with Crippen LogP contribution in [-0.4, -0.2) is 39.9 Å². The van der Waals surface area contributed by atoms with Crippen LogP contribution in [0.5, 0.6) is 0 Å². The zero-order valence-corrected chi connectivity index (χ0v) is 9.92. The van der Waals surface area contributed by atoms with Gasteiger partial charge in [-0.25, -0.2) is 4.98 Å². The normalized spacial score (nSPS) is 14.6. The van der Waals surface area contributed by atoms with Crippen molar-refractivity contribution in [2.45, 2.75) is 12.2 Å². The van der Waals surface area contributed by atoms with E-state index in [4.69, 9.17) is 0 Å². The number of hydrogen-bond acceptors (Lipinski definition) is 5. The number of nitrogens with zero attached hydrogens (tertiary/aromatic N) is 1. The Bertz CT molecular complexity index is 596. The number of aromatic amines is 1. The lowest BCUT2D eigenvalue weighted by molar-refractivity contribution is 0.0203. The molecular formula is C12H15N3O3. The van der Waals surface area contributed by atoms with Crippen molar-refractivity contribution in [2.24, 2.45) is 0 Å². The van der Waals surface area contributed by atoms with E-state index in [1.54, 1.807) is 25.2 Å². The van der Waals surface area contributed by atoms with E-state index in [0.29, 0.717) is 16.5 Å². The Morgan fingerprint density at radius 3 is 2.94 bits per heavy atom. The van der Waals surface area contributed by atoms with Gasteiger partial charge in [-0.05, 0) is 24.7 Å². The second-order valence-electron chi connectivity index (χ2n) is 4.08. The van der Waals surface area contributed by atoms with Gasteiger partial charge in [0.2, 0.25) is 0 Å². The SMILES string of the molecule is CNCC(O)C(O)c1ccc2nc[nH]c(=O)c2c1. The molecule has 0 aliphatic carbocycles. The van der Waals surface area contributed by atoms with Crippen LogP contribution >= 0.6 is 0 Å². The van der Waals surface area contributed by atoms with E-state index in [9.17, 15) is 15.0 Å². The van der Waals surface area contributed by atoms with Crippen LogP contribution in [0.4, 0.5) is 0 Å². The van der Waals surface area contributed by atoms with E-state index in [-0.39, 0.29) is 12.1 Å². The van der Waals surface area contributed by atoms with Crippen LogP contribution in [0.3, 0.4) is 0 Å². The fourth-order valence-corrected chi connectivity index (χ4v) is 1.81. The Morgan fingerprint density at radius 1 is 1.44 bits per heavy atom. The van der Waals surface area contributed by atoms with Crippen molar-refractivity contribution in [1.29, 1.82) is 0 Å². The molecule has 2 rings (SSSR count). The number of benzene rings is 1. The van der Waals surface area contributed by atoms with Gasteiger partial charge in [-0.3, -0.25) is 4.79 Å². The van der Waals surface area contributed by atoms with Crippen molar-refractivity contribution in [3.63, 3.8) is 0 Å². The van der Waals surface area contributed by atoms with Gasteiger partial charge >= 0.3 is 0 Å². The number of aliphatic hydroxyl groups is 2. The van der Waals surface area contributed by atoms with Crippen LogP contribution in [0.2, 0.25) is 0 Å². The topological polar surface area (TPSA) is 98.2 Å². The van der Waals surface area contributed by atoms with Crippen molar-refractivity contribution in [3.8, 4) is 0 Å². The largest absolute Gasteiger partial charge is 0.389 e. The van der Waals surface area contributed by atoms with Crippen LogP contribution in [0.1, 0.15) is 11.7 Å². The summed E-state index contributed by atoms with van der Waals surface area (Å²) in [6.07, 6.45) is -0.638. The highest BCUT2D eigenvalue weighted by Crippen LogP contribution is 2.19. The third-order valence-corrected chi connectivity index (χ3v) is 2.78. The maximum atomic E-state index is 11.6. The van der Waals surface area contributed by atoms with Gasteiger partial charge in [0.25, 0.3) is 5.56 Å². The first-order valence-corrected chi connectivity index (χ1v) is 5.61. The van der Waals surface area contributed by atoms with Crippen molar-refractivity contribution >= 4 is 10.9 Å². The summed E-state index contributed by atoms with van der Waals surface area (Å²) in [6, 6.07) is 4.85. The molecule has 0 radical (unpaired) electrons. The molecule has 96 valence electrons. The molecule has 1 aromatic carbocycles. The van der Waals surface area contributed by atoms with Gasteiger partial charge in [-0.2, -0.15) is 0 Å². The van der Waals surface area contributed by atoms with Crippen molar-refractivity contribution in [1.82, 2.24) is 15.3 Å². The first kappa shape index (κ1) is 12.7. The van der Waals surface area contributed by atoms with Crippen molar-refractivity contribution in [3.05, 3.63) is 40.4 Å². The lowest BCUT2D eigenvalue weighted by Crippen LogP contribution is -2.29. The minimum absolute atomic E-state index is 0.266. The molecule has 18 heavy (non-hydrogen) atoms. The molecule has 2 atom stereocenters. The molecule has 0 saturated heterocycles. The molecule has 0 bridgehead atoms. The highest BCUT2D eigenvalue weighted by atomic mass is 16.3. The molecule has 0 fully saturated rings. The maximum Gasteiger partial charge on any atom is 0.258 e. The summed E-state index contributed by atoms with van der Waals surface area (Å²) >= 11 is 0. The molecule has 0 spiro atoms. The molecule has 6 nitrogen and oxygen atoms in total. The summed E-state index contributed by atoms with van der Waals surface area (Å²) < 4.78 is 0. The van der Waals surface area contributed by atoms with Crippen LogP contribution in [0.15, 0.2) is 29.3 Å². The summed E-state index contributed by atoms with van der Waals surface area (Å²) in [5.74, 6) is 0. The predicted octanol–water partition coefficient (Wildman–Crippen LogP) is -0.463. The van der Waals surface area contributed by atoms with Gasteiger partial charge in [0.15, 0.2) is 0 Å². The average molecular weight is 249 g/mol. The lowest BCUT2D eigenvalue weighted by atomic mass is 10.0. The van der Waals surface area contributed by atoms with E-state index < -0.39 is 12.2 Å². The molecule has 0 amide bonds. The molecule has 1 heterocycles. The number of rotatable bonds is 4. The van der Waals surface area contributed by atoms with Crippen LogP contribution in [-0.2, 0) is 0 Å². The molecule has 0 saturated carbocycles. The van der Waals surface area contributed by atoms with E-state index >= 15 is 0 Å². The van der Waals surface area contributed by atoms with Gasteiger partial charge in [0.1, 0.15) is 6.10 Å². The number of aromatic nitrogens is 2. The second-order valence-corrected chi connectivity index (χ2v) is 4.08. The maximum absolute atomic E-state index is 11.6.